The van der Waals surface area contributed by atoms with Gasteiger partial charge in [-0.25, -0.2) is 0 Å². The van der Waals surface area contributed by atoms with E-state index in [1.807, 2.05) is 29.2 Å². The fourth-order valence-corrected chi connectivity index (χ4v) is 5.02. The Morgan fingerprint density at radius 2 is 1.92 bits per heavy atom. The van der Waals surface area contributed by atoms with E-state index < -0.39 is 11.0 Å². The van der Waals surface area contributed by atoms with E-state index in [0.717, 1.165) is 5.69 Å². The number of amides is 1. The molecule has 11 heteroatoms. The minimum atomic E-state index is -0.490. The summed E-state index contributed by atoms with van der Waals surface area (Å²) in [6.07, 6.45) is 1.70. The van der Waals surface area contributed by atoms with Crippen molar-refractivity contribution in [2.75, 3.05) is 10.2 Å². The number of benzene rings is 2. The Hall–Kier alpha value is -4.28. The van der Waals surface area contributed by atoms with Crippen LogP contribution in [0.2, 0.25) is 5.02 Å². The van der Waals surface area contributed by atoms with Crippen molar-refractivity contribution in [3.05, 3.63) is 106 Å². The summed E-state index contributed by atoms with van der Waals surface area (Å²) in [5.41, 5.74) is 2.22. The smallest absolute Gasteiger partial charge is 0.280 e. The van der Waals surface area contributed by atoms with Crippen molar-refractivity contribution in [1.82, 2.24) is 10.3 Å². The number of carbonyl (C=O) groups excluding carboxylic acids is 1. The highest BCUT2D eigenvalue weighted by Gasteiger charge is 2.43. The van der Waals surface area contributed by atoms with Crippen molar-refractivity contribution in [3.8, 4) is 11.3 Å². The number of rotatable bonds is 7. The van der Waals surface area contributed by atoms with Gasteiger partial charge in [-0.2, -0.15) is 0 Å². The van der Waals surface area contributed by atoms with E-state index >= 15 is 0 Å². The first-order valence-electron chi connectivity index (χ1n) is 12.2. The molecular weight excluding hydrogens is 538 g/mol. The fraction of sp³-hybridized carbons (Fsp3) is 0.179. The van der Waals surface area contributed by atoms with Crippen molar-refractivity contribution >= 4 is 51.9 Å². The highest BCUT2D eigenvalue weighted by atomic mass is 35.5. The molecule has 2 atom stereocenters. The van der Waals surface area contributed by atoms with E-state index in [4.69, 9.17) is 28.2 Å². The number of hydrogen-bond donors (Lipinski definition) is 2. The molecule has 0 saturated carbocycles. The number of thiocarbonyl (C=S) groups is 1. The molecule has 1 saturated heterocycles. The standard InChI is InChI=1S/C28H24ClN5O4S/c1-16(2)27(35)31-20-11-10-17(15-19(20)29)33-26(25(32-28(33)39)21-8-5-6-14-30-21)24-13-12-23(38-24)18-7-3-4-9-22(18)34(36)37/h3-16,25-26H,1-2H3,(H,31,35)(H,32,39)/t25-,26-/m1/s1. The molecule has 4 aromatic rings. The molecule has 0 aliphatic carbocycles. The summed E-state index contributed by atoms with van der Waals surface area (Å²) in [5, 5.41) is 18.6. The molecule has 9 nitrogen and oxygen atoms in total. The molecule has 1 amide bonds. The number of hydrogen-bond acceptors (Lipinski definition) is 6. The molecule has 5 rings (SSSR count). The molecule has 3 heterocycles. The predicted octanol–water partition coefficient (Wildman–Crippen LogP) is 6.67. The van der Waals surface area contributed by atoms with E-state index in [0.29, 0.717) is 38.6 Å². The Kier molecular flexibility index (Phi) is 7.32. The summed E-state index contributed by atoms with van der Waals surface area (Å²) in [6.45, 7) is 3.60. The topological polar surface area (TPSA) is 114 Å². The molecule has 1 aliphatic rings. The van der Waals surface area contributed by atoms with Gasteiger partial charge in [-0.15, -0.1) is 0 Å². The maximum absolute atomic E-state index is 12.2. The summed E-state index contributed by atoms with van der Waals surface area (Å²) < 4.78 is 6.27. The van der Waals surface area contributed by atoms with Gasteiger partial charge in [0.2, 0.25) is 5.91 Å². The first kappa shape index (κ1) is 26.3. The van der Waals surface area contributed by atoms with Crippen molar-refractivity contribution in [2.45, 2.75) is 25.9 Å². The third-order valence-electron chi connectivity index (χ3n) is 6.40. The summed E-state index contributed by atoms with van der Waals surface area (Å²) in [6, 6.07) is 19.9. The predicted molar refractivity (Wildman–Crippen MR) is 154 cm³/mol. The monoisotopic (exact) mass is 561 g/mol. The van der Waals surface area contributed by atoms with Gasteiger partial charge in [0, 0.05) is 23.9 Å². The Labute approximate surface area is 235 Å². The first-order chi connectivity index (χ1) is 18.7. The molecular formula is C28H24ClN5O4S. The fourth-order valence-electron chi connectivity index (χ4n) is 4.45. The summed E-state index contributed by atoms with van der Waals surface area (Å²) in [4.78, 5) is 29.8. The molecule has 0 bridgehead atoms. The van der Waals surface area contributed by atoms with Crippen LogP contribution in [0.25, 0.3) is 11.3 Å². The molecule has 198 valence electrons. The molecule has 0 spiro atoms. The van der Waals surface area contributed by atoms with Gasteiger partial charge in [-0.3, -0.25) is 19.9 Å². The lowest BCUT2D eigenvalue weighted by Crippen LogP contribution is -2.29. The van der Waals surface area contributed by atoms with Gasteiger partial charge in [0.15, 0.2) is 5.11 Å². The summed E-state index contributed by atoms with van der Waals surface area (Å²) in [5.74, 6) is 0.543. The van der Waals surface area contributed by atoms with Crippen LogP contribution in [-0.2, 0) is 4.79 Å². The maximum atomic E-state index is 12.2. The molecule has 2 aromatic heterocycles. The van der Waals surface area contributed by atoms with Crippen LogP contribution in [0.1, 0.15) is 37.4 Å². The molecule has 2 N–H and O–H groups in total. The summed E-state index contributed by atoms with van der Waals surface area (Å²) >= 11 is 12.3. The van der Waals surface area contributed by atoms with Crippen molar-refractivity contribution in [1.29, 1.82) is 0 Å². The second kappa shape index (κ2) is 10.8. The number of furan rings is 1. The SMILES string of the molecule is CC(C)C(=O)Nc1ccc(N2C(=S)N[C@H](c3ccccn3)[C@H]2c2ccc(-c3ccccc3[N+](=O)[O-])o2)cc1Cl. The number of aromatic nitrogens is 1. The lowest BCUT2D eigenvalue weighted by molar-refractivity contribution is -0.384. The number of nitro benzene ring substituents is 1. The number of nitrogens with zero attached hydrogens (tertiary/aromatic N) is 3. The van der Waals surface area contributed by atoms with Crippen LogP contribution in [0.5, 0.6) is 0 Å². The van der Waals surface area contributed by atoms with E-state index in [9.17, 15) is 14.9 Å². The van der Waals surface area contributed by atoms with Crippen LogP contribution in [-0.4, -0.2) is 20.9 Å². The number of anilines is 2. The average molecular weight is 562 g/mol. The van der Waals surface area contributed by atoms with E-state index in [2.05, 4.69) is 15.6 Å². The molecule has 1 fully saturated rings. The van der Waals surface area contributed by atoms with Crippen LogP contribution in [0.3, 0.4) is 0 Å². The average Bonchev–Trinajstić information content (AvgIpc) is 3.54. The number of halogens is 1. The number of carbonyl (C=O) groups is 1. The van der Waals surface area contributed by atoms with Gasteiger partial charge in [0.1, 0.15) is 17.6 Å². The van der Waals surface area contributed by atoms with Gasteiger partial charge in [-0.05, 0) is 60.7 Å². The number of para-hydroxylation sites is 1. The van der Waals surface area contributed by atoms with E-state index in [1.54, 1.807) is 62.5 Å². The van der Waals surface area contributed by atoms with Crippen LogP contribution in [0.4, 0.5) is 17.1 Å². The van der Waals surface area contributed by atoms with Crippen LogP contribution >= 0.6 is 23.8 Å². The zero-order chi connectivity index (χ0) is 27.7. The number of pyridine rings is 1. The van der Waals surface area contributed by atoms with Gasteiger partial charge in [0.25, 0.3) is 5.69 Å². The van der Waals surface area contributed by atoms with Gasteiger partial charge < -0.3 is 20.0 Å². The Morgan fingerprint density at radius 1 is 1.15 bits per heavy atom. The first-order valence-corrected chi connectivity index (χ1v) is 13.0. The Morgan fingerprint density at radius 3 is 2.62 bits per heavy atom. The van der Waals surface area contributed by atoms with E-state index in [-0.39, 0.29) is 23.6 Å². The van der Waals surface area contributed by atoms with Gasteiger partial charge >= 0.3 is 0 Å². The van der Waals surface area contributed by atoms with E-state index in [1.165, 1.54) is 6.07 Å². The third kappa shape index (κ3) is 5.21. The Balaban J connectivity index is 1.57. The number of nitro groups is 1. The van der Waals surface area contributed by atoms with Gasteiger partial charge in [0.05, 0.1) is 32.9 Å². The lowest BCUT2D eigenvalue weighted by Gasteiger charge is -2.26. The highest BCUT2D eigenvalue weighted by Crippen LogP contribution is 2.44. The van der Waals surface area contributed by atoms with Crippen molar-refractivity contribution in [3.63, 3.8) is 0 Å². The quantitative estimate of drug-likeness (QED) is 0.146. The Bertz CT molecular complexity index is 1560. The van der Waals surface area contributed by atoms with Crippen LogP contribution < -0.4 is 15.5 Å². The third-order valence-corrected chi connectivity index (χ3v) is 7.02. The molecule has 0 unspecified atom stereocenters. The molecule has 0 radical (unpaired) electrons. The second-order valence-corrected chi connectivity index (χ2v) is 10.1. The molecule has 2 aromatic carbocycles. The molecule has 1 aliphatic heterocycles. The minimum absolute atomic E-state index is 0.0533. The van der Waals surface area contributed by atoms with Crippen molar-refractivity contribution < 1.29 is 14.1 Å². The van der Waals surface area contributed by atoms with Gasteiger partial charge in [-0.1, -0.05) is 43.6 Å². The second-order valence-electron chi connectivity index (χ2n) is 9.28. The van der Waals surface area contributed by atoms with Crippen LogP contribution in [0, 0.1) is 16.0 Å². The normalized spacial score (nSPS) is 16.8. The largest absolute Gasteiger partial charge is 0.459 e. The lowest BCUT2D eigenvalue weighted by atomic mass is 10.0. The van der Waals surface area contributed by atoms with Crippen molar-refractivity contribution in [2.24, 2.45) is 5.92 Å². The highest BCUT2D eigenvalue weighted by molar-refractivity contribution is 7.80. The molecule has 39 heavy (non-hydrogen) atoms. The van der Waals surface area contributed by atoms with Crippen LogP contribution in [0.15, 0.2) is 83.4 Å². The minimum Gasteiger partial charge on any atom is -0.459 e. The zero-order valence-electron chi connectivity index (χ0n) is 21.0. The summed E-state index contributed by atoms with van der Waals surface area (Å²) in [7, 11) is 0. The maximum Gasteiger partial charge on any atom is 0.280 e. The zero-order valence-corrected chi connectivity index (χ0v) is 22.6. The number of nitrogens with one attached hydrogen (secondary N) is 2.